The molecule has 4 atom stereocenters. The van der Waals surface area contributed by atoms with Gasteiger partial charge < -0.3 is 30.1 Å². The fourth-order valence-corrected chi connectivity index (χ4v) is 6.50. The molecule has 2 aromatic rings. The summed E-state index contributed by atoms with van der Waals surface area (Å²) >= 11 is 6.32. The number of carbonyl (C=O) groups is 2. The molecule has 1 fully saturated rings. The first kappa shape index (κ1) is 31.9. The number of aromatic hydroxyl groups is 1. The third-order valence-corrected chi connectivity index (χ3v) is 8.47. The Labute approximate surface area is 250 Å². The van der Waals surface area contributed by atoms with Gasteiger partial charge in [-0.3, -0.25) is 14.5 Å². The van der Waals surface area contributed by atoms with Crippen LogP contribution in [0.5, 0.6) is 5.75 Å². The zero-order chi connectivity index (χ0) is 30.6. The Kier molecular flexibility index (Phi) is 10.6. The van der Waals surface area contributed by atoms with Gasteiger partial charge in [-0.25, -0.2) is 0 Å². The second kappa shape index (κ2) is 14.0. The van der Waals surface area contributed by atoms with Crippen LogP contribution >= 0.6 is 11.6 Å². The molecule has 42 heavy (non-hydrogen) atoms. The van der Waals surface area contributed by atoms with Crippen LogP contribution in [0.15, 0.2) is 59.2 Å². The summed E-state index contributed by atoms with van der Waals surface area (Å²) < 4.78 is 5.42. The molecule has 1 aliphatic carbocycles. The van der Waals surface area contributed by atoms with E-state index >= 15 is 0 Å². The Hall–Kier alpha value is -2.99. The Bertz CT molecular complexity index is 1380. The molecule has 1 heterocycles. The van der Waals surface area contributed by atoms with E-state index < -0.39 is 49.4 Å². The number of methoxy groups -OCH3 is 1. The van der Waals surface area contributed by atoms with Gasteiger partial charge in [0.1, 0.15) is 5.75 Å². The van der Waals surface area contributed by atoms with Crippen molar-refractivity contribution in [2.75, 3.05) is 25.2 Å². The molecule has 1 aliphatic heterocycles. The van der Waals surface area contributed by atoms with Gasteiger partial charge in [-0.05, 0) is 78.2 Å². The third-order valence-electron chi connectivity index (χ3n) is 8.14. The number of rotatable bonds is 12. The van der Waals surface area contributed by atoms with Gasteiger partial charge >= 0.3 is 7.12 Å². The van der Waals surface area contributed by atoms with Crippen LogP contribution in [0.4, 0.5) is 5.69 Å². The van der Waals surface area contributed by atoms with E-state index in [0.29, 0.717) is 29.0 Å². The lowest BCUT2D eigenvalue weighted by atomic mass is 9.68. The summed E-state index contributed by atoms with van der Waals surface area (Å²) in [5.74, 6) is -3.27. The fourth-order valence-electron chi connectivity index (χ4n) is 6.27. The number of anilines is 1. The van der Waals surface area contributed by atoms with Crippen LogP contribution in [0.2, 0.25) is 5.02 Å². The zero-order valence-electron chi connectivity index (χ0n) is 23.7. The number of aliphatic hydroxyl groups excluding tert-OH is 2. The van der Waals surface area contributed by atoms with Gasteiger partial charge in [0.2, 0.25) is 11.8 Å². The minimum Gasteiger partial charge on any atom is -0.508 e. The Morgan fingerprint density at radius 2 is 1.93 bits per heavy atom. The maximum atomic E-state index is 13.7. The number of carbonyl (C=O) groups excluding carboxylic acids is 2. The van der Waals surface area contributed by atoms with E-state index in [1.165, 1.54) is 31.4 Å². The van der Waals surface area contributed by atoms with Gasteiger partial charge in [0.25, 0.3) is 0 Å². The summed E-state index contributed by atoms with van der Waals surface area (Å²) in [4.78, 5) is 28.4. The molecule has 0 unspecified atom stereocenters. The molecule has 0 bridgehead atoms. The number of allylic oxidation sites excluding steroid dienone is 1. The number of nitrogens with zero attached hydrogens (tertiary/aromatic N) is 1. The summed E-state index contributed by atoms with van der Waals surface area (Å²) in [6, 6.07) is 10.7. The highest BCUT2D eigenvalue weighted by atomic mass is 35.5. The first-order chi connectivity index (χ1) is 20.1. The lowest BCUT2D eigenvalue weighted by Crippen LogP contribution is -2.40. The number of phenols is 1. The lowest BCUT2D eigenvalue weighted by Gasteiger charge is -2.36. The van der Waals surface area contributed by atoms with Crippen molar-refractivity contribution in [2.45, 2.75) is 45.1 Å². The van der Waals surface area contributed by atoms with Crippen LogP contribution in [0, 0.1) is 17.8 Å². The summed E-state index contributed by atoms with van der Waals surface area (Å²) in [5, 5.41) is 51.4. The molecule has 11 heteroatoms. The van der Waals surface area contributed by atoms with Crippen LogP contribution in [0.25, 0.3) is 6.08 Å². The molecule has 5 N–H and O–H groups in total. The van der Waals surface area contributed by atoms with Gasteiger partial charge in [0.05, 0.1) is 41.9 Å². The minimum atomic E-state index is -1.77. The van der Waals surface area contributed by atoms with E-state index in [1.54, 1.807) is 18.2 Å². The average Bonchev–Trinajstić information content (AvgIpc) is 3.21. The first-order valence-corrected chi connectivity index (χ1v) is 14.5. The minimum absolute atomic E-state index is 0.0741. The highest BCUT2D eigenvalue weighted by Crippen LogP contribution is 2.47. The Morgan fingerprint density at radius 1 is 1.17 bits per heavy atom. The fraction of sp³-hybridized carbons (Fsp3) is 0.419. The number of imide groups is 1. The standard InChI is InChI=1S/C31H37BClNO8/c1-3-5-18(12-19-9-10-23(36)15-26(19)33)8-11-27(37)28-20(17-42-2)13-24-29(25(28)16-35)31(39)34(30(24)38)22-7-4-6-21(14-22)32(40)41/h4,6-7,9-10,12,14-15,24-25,27,29,35-37,40-41H,3,5,8,11,13,16-17H2,1-2H3/b18-12+/t24-,25+,27-,29-/m1/s1. The number of ether oxygens (including phenoxy) is 1. The van der Waals surface area contributed by atoms with Crippen molar-refractivity contribution in [1.29, 1.82) is 0 Å². The number of aliphatic hydroxyl groups is 2. The summed E-state index contributed by atoms with van der Waals surface area (Å²) in [6.07, 6.45) is 3.65. The predicted octanol–water partition coefficient (Wildman–Crippen LogP) is 2.81. The monoisotopic (exact) mass is 597 g/mol. The topological polar surface area (TPSA) is 148 Å². The molecule has 9 nitrogen and oxygen atoms in total. The van der Waals surface area contributed by atoms with Crippen molar-refractivity contribution >= 4 is 47.8 Å². The number of phenolic OH excluding ortho intramolecular Hbond substituents is 1. The molecule has 2 aromatic carbocycles. The van der Waals surface area contributed by atoms with Crippen molar-refractivity contribution in [1.82, 2.24) is 0 Å². The number of halogens is 1. The molecule has 2 amide bonds. The van der Waals surface area contributed by atoms with Crippen molar-refractivity contribution < 1.29 is 39.7 Å². The van der Waals surface area contributed by atoms with Crippen LogP contribution in [-0.2, 0) is 14.3 Å². The van der Waals surface area contributed by atoms with Crippen LogP contribution in [-0.4, -0.2) is 70.7 Å². The molecule has 0 saturated carbocycles. The summed E-state index contributed by atoms with van der Waals surface area (Å²) in [6.45, 7) is 1.75. The molecule has 2 aliphatic rings. The number of hydrogen-bond donors (Lipinski definition) is 5. The van der Waals surface area contributed by atoms with Crippen LogP contribution in [0.1, 0.15) is 44.6 Å². The van der Waals surface area contributed by atoms with Gasteiger partial charge in [-0.2, -0.15) is 0 Å². The predicted molar refractivity (Wildman–Crippen MR) is 161 cm³/mol. The highest BCUT2D eigenvalue weighted by Gasteiger charge is 2.55. The second-order valence-corrected chi connectivity index (χ2v) is 11.3. The quantitative estimate of drug-likeness (QED) is 0.143. The number of amides is 2. The number of benzene rings is 2. The van der Waals surface area contributed by atoms with E-state index in [4.69, 9.17) is 16.3 Å². The molecule has 0 spiro atoms. The average molecular weight is 598 g/mol. The van der Waals surface area contributed by atoms with Gasteiger partial charge in [0, 0.05) is 13.0 Å². The molecule has 4 rings (SSSR count). The molecular formula is C31H37BClNO8. The molecule has 0 radical (unpaired) electrons. The van der Waals surface area contributed by atoms with Crippen molar-refractivity contribution in [3.63, 3.8) is 0 Å². The van der Waals surface area contributed by atoms with Crippen molar-refractivity contribution in [2.24, 2.45) is 17.8 Å². The first-order valence-electron chi connectivity index (χ1n) is 14.1. The zero-order valence-corrected chi connectivity index (χ0v) is 24.5. The third kappa shape index (κ3) is 6.64. The van der Waals surface area contributed by atoms with Gasteiger partial charge in [0.15, 0.2) is 0 Å². The van der Waals surface area contributed by atoms with E-state index in [2.05, 4.69) is 6.92 Å². The summed E-state index contributed by atoms with van der Waals surface area (Å²) in [5.41, 5.74) is 3.39. The van der Waals surface area contributed by atoms with Gasteiger partial charge in [-0.15, -0.1) is 0 Å². The van der Waals surface area contributed by atoms with Crippen molar-refractivity contribution in [3.8, 4) is 5.75 Å². The van der Waals surface area contributed by atoms with E-state index in [0.717, 1.165) is 28.9 Å². The second-order valence-electron chi connectivity index (χ2n) is 10.9. The van der Waals surface area contributed by atoms with E-state index in [-0.39, 0.29) is 29.9 Å². The number of fused-ring (bicyclic) bond motifs is 1. The van der Waals surface area contributed by atoms with E-state index in [1.807, 2.05) is 6.08 Å². The van der Waals surface area contributed by atoms with Crippen molar-refractivity contribution in [3.05, 3.63) is 69.8 Å². The SMILES string of the molecule is CCC/C(=C\c1ccc(O)cc1Cl)CC[C@@H](O)C1=C(COC)C[C@H]2C(=O)N(c3cccc(B(O)O)c3)C(=O)[C@H]2[C@H]1CO. The smallest absolute Gasteiger partial charge is 0.488 e. The lowest BCUT2D eigenvalue weighted by molar-refractivity contribution is -0.123. The largest absolute Gasteiger partial charge is 0.508 e. The maximum absolute atomic E-state index is 13.7. The molecule has 0 aromatic heterocycles. The highest BCUT2D eigenvalue weighted by molar-refractivity contribution is 6.58. The van der Waals surface area contributed by atoms with Gasteiger partial charge in [-0.1, -0.05) is 48.7 Å². The Balaban J connectivity index is 1.62. The molecule has 224 valence electrons. The number of hydrogen-bond acceptors (Lipinski definition) is 8. The maximum Gasteiger partial charge on any atom is 0.488 e. The van der Waals surface area contributed by atoms with E-state index in [9.17, 15) is 35.0 Å². The normalized spacial score (nSPS) is 21.6. The summed E-state index contributed by atoms with van der Waals surface area (Å²) in [7, 11) is -0.251. The molecule has 1 saturated heterocycles. The molecular weight excluding hydrogens is 561 g/mol. The van der Waals surface area contributed by atoms with Crippen LogP contribution < -0.4 is 10.4 Å². The van der Waals surface area contributed by atoms with Crippen LogP contribution in [0.3, 0.4) is 0 Å². The Morgan fingerprint density at radius 3 is 2.57 bits per heavy atom.